The second-order valence-corrected chi connectivity index (χ2v) is 8.83. The van der Waals surface area contributed by atoms with Crippen LogP contribution >= 0.6 is 27.5 Å². The topological polar surface area (TPSA) is 89.9 Å². The molecule has 1 amide bonds. The molecule has 1 fully saturated rings. The second-order valence-electron chi connectivity index (χ2n) is 7.51. The third kappa shape index (κ3) is 3.30. The fourth-order valence-corrected chi connectivity index (χ4v) is 4.20. The van der Waals surface area contributed by atoms with Crippen molar-refractivity contribution in [3.05, 3.63) is 57.4 Å². The molecule has 4 aromatic rings. The number of pyridine rings is 2. The largest absolute Gasteiger partial charge is 0.383 e. The van der Waals surface area contributed by atoms with Crippen LogP contribution < -0.4 is 5.73 Å². The number of carbonyl (C=O) groups excluding carboxylic acids is 1. The Labute approximate surface area is 186 Å². The fourth-order valence-electron chi connectivity index (χ4n) is 3.73. The Hall–Kier alpha value is -2.71. The number of nitrogens with two attached hydrogens (primary N) is 1. The smallest absolute Gasteiger partial charge is 0.255 e. The van der Waals surface area contributed by atoms with E-state index in [0.717, 1.165) is 39.3 Å². The molecule has 3 heterocycles. The summed E-state index contributed by atoms with van der Waals surface area (Å²) in [4.78, 5) is 24.3. The molecule has 152 valence electrons. The maximum Gasteiger partial charge on any atom is 0.255 e. The first-order chi connectivity index (χ1) is 14.4. The molecule has 1 saturated carbocycles. The molecule has 0 spiro atoms. The summed E-state index contributed by atoms with van der Waals surface area (Å²) >= 11 is 9.93. The highest BCUT2D eigenvalue weighted by Gasteiger charge is 2.34. The highest BCUT2D eigenvalue weighted by Crippen LogP contribution is 2.34. The Morgan fingerprint density at radius 3 is 2.80 bits per heavy atom. The Kier molecular flexibility index (Phi) is 4.63. The van der Waals surface area contributed by atoms with E-state index in [9.17, 15) is 4.79 Å². The molecule has 0 saturated heterocycles. The van der Waals surface area contributed by atoms with E-state index in [1.165, 1.54) is 0 Å². The minimum Gasteiger partial charge on any atom is -0.383 e. The highest BCUT2D eigenvalue weighted by atomic mass is 79.9. The minimum atomic E-state index is -0.110. The molecule has 9 heteroatoms. The number of fused-ring (bicyclic) bond motifs is 3. The van der Waals surface area contributed by atoms with Crippen molar-refractivity contribution in [2.45, 2.75) is 25.4 Å². The lowest BCUT2D eigenvalue weighted by Crippen LogP contribution is -2.33. The van der Waals surface area contributed by atoms with Crippen LogP contribution in [0.1, 0.15) is 28.9 Å². The maximum absolute atomic E-state index is 13.5. The number of hydrogen-bond donors (Lipinski definition) is 1. The Bertz CT molecular complexity index is 1300. The van der Waals surface area contributed by atoms with Gasteiger partial charge in [-0.3, -0.25) is 14.5 Å². The summed E-state index contributed by atoms with van der Waals surface area (Å²) in [5.74, 6) is 0.280. The van der Waals surface area contributed by atoms with E-state index in [1.54, 1.807) is 29.2 Å². The lowest BCUT2D eigenvalue weighted by molar-refractivity contribution is 0.0728. The van der Waals surface area contributed by atoms with Gasteiger partial charge in [-0.15, -0.1) is 0 Å². The predicted molar refractivity (Wildman–Crippen MR) is 120 cm³/mol. The van der Waals surface area contributed by atoms with Crippen LogP contribution in [0.3, 0.4) is 0 Å². The minimum absolute atomic E-state index is 0.110. The van der Waals surface area contributed by atoms with Crippen LogP contribution in [0.15, 0.2) is 41.1 Å². The fraction of sp³-hybridized carbons (Fsp3) is 0.238. The number of amides is 1. The zero-order valence-electron chi connectivity index (χ0n) is 16.1. The van der Waals surface area contributed by atoms with Gasteiger partial charge in [0.25, 0.3) is 5.91 Å². The van der Waals surface area contributed by atoms with Gasteiger partial charge in [-0.2, -0.15) is 5.10 Å². The van der Waals surface area contributed by atoms with Gasteiger partial charge in [0.2, 0.25) is 0 Å². The molecule has 3 aromatic heterocycles. The molecule has 7 nitrogen and oxygen atoms in total. The zero-order chi connectivity index (χ0) is 21.0. The summed E-state index contributed by atoms with van der Waals surface area (Å²) in [6.45, 7) is 0.437. The Morgan fingerprint density at radius 2 is 2.10 bits per heavy atom. The zero-order valence-corrected chi connectivity index (χ0v) is 18.5. The number of rotatable bonds is 4. The average molecular weight is 486 g/mol. The lowest BCUT2D eigenvalue weighted by atomic mass is 10.1. The SMILES string of the molecule is Cn1ncc2c(N)nc3cc(Cl)c(C(=O)N(Cc4ccc(Br)cn4)C4CC4)cc3c21. The third-order valence-corrected chi connectivity index (χ3v) is 6.18. The van der Waals surface area contributed by atoms with Crippen molar-refractivity contribution in [2.24, 2.45) is 7.05 Å². The third-order valence-electron chi connectivity index (χ3n) is 5.40. The van der Waals surface area contributed by atoms with Gasteiger partial charge >= 0.3 is 0 Å². The quantitative estimate of drug-likeness (QED) is 0.465. The van der Waals surface area contributed by atoms with E-state index in [0.29, 0.717) is 28.5 Å². The molecule has 2 N–H and O–H groups in total. The van der Waals surface area contributed by atoms with E-state index in [4.69, 9.17) is 17.3 Å². The number of carbonyl (C=O) groups is 1. The van der Waals surface area contributed by atoms with Crippen LogP contribution in [0.5, 0.6) is 0 Å². The van der Waals surface area contributed by atoms with Crippen LogP contribution in [-0.4, -0.2) is 36.6 Å². The van der Waals surface area contributed by atoms with E-state index in [-0.39, 0.29) is 11.9 Å². The van der Waals surface area contributed by atoms with E-state index >= 15 is 0 Å². The molecular formula is C21H18BrClN6O. The Balaban J connectivity index is 1.60. The monoisotopic (exact) mass is 484 g/mol. The molecule has 1 aromatic carbocycles. The van der Waals surface area contributed by atoms with E-state index in [1.807, 2.05) is 24.1 Å². The van der Waals surface area contributed by atoms with Crippen LogP contribution in [0, 0.1) is 0 Å². The van der Waals surface area contributed by atoms with Gasteiger partial charge in [0.1, 0.15) is 5.82 Å². The van der Waals surface area contributed by atoms with Crippen molar-refractivity contribution in [1.82, 2.24) is 24.6 Å². The second kappa shape index (κ2) is 7.21. The first-order valence-corrected chi connectivity index (χ1v) is 10.7. The molecule has 1 aliphatic rings. The summed E-state index contributed by atoms with van der Waals surface area (Å²) in [6, 6.07) is 7.56. The van der Waals surface area contributed by atoms with Gasteiger partial charge in [0.05, 0.1) is 45.4 Å². The van der Waals surface area contributed by atoms with Crippen LogP contribution in [0.2, 0.25) is 5.02 Å². The normalized spacial score (nSPS) is 13.8. The van der Waals surface area contributed by atoms with Crippen LogP contribution in [0.25, 0.3) is 21.8 Å². The number of aryl methyl sites for hydroxylation is 1. The van der Waals surface area contributed by atoms with Gasteiger partial charge in [-0.1, -0.05) is 11.6 Å². The van der Waals surface area contributed by atoms with Crippen LogP contribution in [-0.2, 0) is 13.6 Å². The first-order valence-electron chi connectivity index (χ1n) is 9.54. The predicted octanol–water partition coefficient (Wildman–Crippen LogP) is 4.32. The number of aromatic nitrogens is 4. The molecule has 0 radical (unpaired) electrons. The van der Waals surface area contributed by atoms with Gasteiger partial charge in [-0.05, 0) is 53.0 Å². The Morgan fingerprint density at radius 1 is 1.30 bits per heavy atom. The van der Waals surface area contributed by atoms with Gasteiger partial charge in [0.15, 0.2) is 0 Å². The van der Waals surface area contributed by atoms with Gasteiger partial charge in [-0.25, -0.2) is 4.98 Å². The van der Waals surface area contributed by atoms with Crippen molar-refractivity contribution in [3.63, 3.8) is 0 Å². The standard InChI is InChI=1S/C21H18BrClN6O/c1-28-19-15-6-14(17(23)7-18(15)27-20(24)16(19)9-26-28)21(30)29(13-4-5-13)10-12-3-2-11(22)8-25-12/h2-3,6-9,13H,4-5,10H2,1H3,(H2,24,27). The van der Waals surface area contributed by atoms with Crippen LogP contribution in [0.4, 0.5) is 5.82 Å². The van der Waals surface area contributed by atoms with E-state index in [2.05, 4.69) is 31.0 Å². The number of halogens is 2. The van der Waals surface area contributed by atoms with Crippen molar-refractivity contribution in [1.29, 1.82) is 0 Å². The molecular weight excluding hydrogens is 468 g/mol. The van der Waals surface area contributed by atoms with Crippen molar-refractivity contribution in [2.75, 3.05) is 5.73 Å². The van der Waals surface area contributed by atoms with Crippen molar-refractivity contribution >= 4 is 61.1 Å². The summed E-state index contributed by atoms with van der Waals surface area (Å²) in [5, 5.41) is 6.20. The summed E-state index contributed by atoms with van der Waals surface area (Å²) in [6.07, 6.45) is 5.39. The average Bonchev–Trinajstić information content (AvgIpc) is 3.48. The molecule has 0 unspecified atom stereocenters. The maximum atomic E-state index is 13.5. The number of benzene rings is 1. The summed E-state index contributed by atoms with van der Waals surface area (Å²) in [7, 11) is 1.84. The first kappa shape index (κ1) is 19.3. The molecule has 0 atom stereocenters. The molecule has 5 rings (SSSR count). The highest BCUT2D eigenvalue weighted by molar-refractivity contribution is 9.10. The van der Waals surface area contributed by atoms with E-state index < -0.39 is 0 Å². The van der Waals surface area contributed by atoms with Gasteiger partial charge in [0, 0.05) is 29.1 Å². The lowest BCUT2D eigenvalue weighted by Gasteiger charge is -2.23. The number of nitrogens with zero attached hydrogens (tertiary/aromatic N) is 5. The summed E-state index contributed by atoms with van der Waals surface area (Å²) in [5.41, 5.74) is 8.83. The van der Waals surface area contributed by atoms with Crippen molar-refractivity contribution in [3.8, 4) is 0 Å². The number of hydrogen-bond acceptors (Lipinski definition) is 5. The molecule has 0 bridgehead atoms. The summed E-state index contributed by atoms with van der Waals surface area (Å²) < 4.78 is 2.64. The van der Waals surface area contributed by atoms with Crippen molar-refractivity contribution < 1.29 is 4.79 Å². The van der Waals surface area contributed by atoms with Gasteiger partial charge < -0.3 is 10.6 Å². The molecule has 1 aliphatic carbocycles. The number of anilines is 1. The molecule has 30 heavy (non-hydrogen) atoms. The number of nitrogen functional groups attached to an aromatic ring is 1. The molecule has 0 aliphatic heterocycles.